The Kier molecular flexibility index (Phi) is 12.8. The molecule has 0 spiro atoms. The number of nitriles is 4. The SMILES string of the molecule is N#Cc1cc(C#N)c2c(c1)Sc1cc(C#N)cc(C#N)c1N2B1c2ccccc2-n2c3ccc([SH]4c5cc(-c6ccccc6)cc(-c6ccccc6)c5N(B5c6ccccc6-n6c7ccccc7c7cccc5c76)c5c(-c6ccccc6)cc(-c6ccccc6)cc54)cc3c3cccc1c32. The molecule has 4 aliphatic heterocycles. The fourth-order valence-electron chi connectivity index (χ4n) is 16.7. The number of para-hydroxylation sites is 5. The second-order valence-corrected chi connectivity index (χ2v) is 29.1. The molecular formula is C88H50B2N8S2. The largest absolute Gasteiger partial charge is 0.374 e. The Hall–Kier alpha value is -12.9. The monoisotopic (exact) mass is 1300 g/mol. The minimum Gasteiger partial charge on any atom is -0.374 e. The van der Waals surface area contributed by atoms with E-state index in [9.17, 15) is 21.0 Å². The van der Waals surface area contributed by atoms with Gasteiger partial charge in [0.1, 0.15) is 12.1 Å². The summed E-state index contributed by atoms with van der Waals surface area (Å²) >= 11 is 1.38. The van der Waals surface area contributed by atoms with E-state index in [1.165, 1.54) is 59.2 Å². The van der Waals surface area contributed by atoms with E-state index in [1.807, 2.05) is 12.1 Å². The number of thiol groups is 1. The molecule has 0 N–H and O–H groups in total. The molecule has 0 amide bonds. The molecule has 2 aromatic heterocycles. The molecule has 0 aliphatic carbocycles. The average Bonchev–Trinajstić information content (AvgIpc) is 1.31. The zero-order valence-electron chi connectivity index (χ0n) is 53.4. The van der Waals surface area contributed by atoms with E-state index in [0.29, 0.717) is 43.4 Å². The van der Waals surface area contributed by atoms with Crippen LogP contribution in [0.5, 0.6) is 0 Å². The standard InChI is InChI=1S/C88H50B2N8S2/c91-50-54-41-62(52-93)83-79(43-54)99-80-44-55(51-92)42-63(53-94)84(80)97(83)89-71-32-14-18-38-78(71)96-76-40-39-64(49-70(76)67-31-20-35-74(89)86(67)96)100-81-47-60(56-21-5-1-6-22-56)45-68(58-25-9-3-10-26-58)87(81)98(88-69(59-27-11-4-12-28-59)46-61(48-82(88)100)57-23-7-2-8-24-57)90-72-33-15-17-37-77(72)95-75-36-16-13-29-65(75)66-30-19-34-73(90)85(66)95/h1-49,100H. The quantitative estimate of drug-likeness (QED) is 0.125. The molecule has 6 heterocycles. The molecule has 0 saturated carbocycles. The number of anilines is 4. The molecule has 0 fully saturated rings. The molecule has 14 aromatic carbocycles. The summed E-state index contributed by atoms with van der Waals surface area (Å²) in [4.78, 5) is 9.98. The lowest BCUT2D eigenvalue weighted by atomic mass is 9.46. The Morgan fingerprint density at radius 2 is 0.720 bits per heavy atom. The van der Waals surface area contributed by atoms with Crippen LogP contribution in [-0.2, 0) is 0 Å². The number of fused-ring (bicyclic) bond motifs is 14. The molecular weight excluding hydrogens is 1250 g/mol. The first kappa shape index (κ1) is 57.3. The van der Waals surface area contributed by atoms with Crippen molar-refractivity contribution in [3.05, 3.63) is 320 Å². The van der Waals surface area contributed by atoms with Gasteiger partial charge in [0, 0.05) is 63.6 Å². The predicted octanol–water partition coefficient (Wildman–Crippen LogP) is 18.8. The van der Waals surface area contributed by atoms with Gasteiger partial charge >= 0.3 is 13.7 Å². The van der Waals surface area contributed by atoms with Crippen LogP contribution in [0.4, 0.5) is 22.7 Å². The third kappa shape index (κ3) is 8.30. The summed E-state index contributed by atoms with van der Waals surface area (Å²) in [6.07, 6.45) is 0. The minimum atomic E-state index is -1.49. The molecule has 0 unspecified atom stereocenters. The molecule has 16 aromatic rings. The van der Waals surface area contributed by atoms with E-state index in [4.69, 9.17) is 0 Å². The minimum absolute atomic E-state index is 0.317. The van der Waals surface area contributed by atoms with E-state index in [0.717, 1.165) is 100.0 Å². The molecule has 0 atom stereocenters. The molecule has 0 bridgehead atoms. The van der Waals surface area contributed by atoms with Crippen LogP contribution < -0.4 is 31.5 Å². The summed E-state index contributed by atoms with van der Waals surface area (Å²) in [5, 5.41) is 47.6. The van der Waals surface area contributed by atoms with Crippen molar-refractivity contribution in [2.24, 2.45) is 0 Å². The van der Waals surface area contributed by atoms with Gasteiger partial charge in [0.25, 0.3) is 0 Å². The first-order valence-corrected chi connectivity index (χ1v) is 35.5. The van der Waals surface area contributed by atoms with E-state index in [-0.39, 0.29) is 6.85 Å². The molecule has 4 aliphatic rings. The van der Waals surface area contributed by atoms with Gasteiger partial charge in [0.15, 0.2) is 0 Å². The van der Waals surface area contributed by atoms with Gasteiger partial charge in [-0.05, 0) is 145 Å². The van der Waals surface area contributed by atoms with Gasteiger partial charge < -0.3 is 18.8 Å². The van der Waals surface area contributed by atoms with Gasteiger partial charge in [-0.3, -0.25) is 0 Å². The van der Waals surface area contributed by atoms with Gasteiger partial charge in [0.05, 0.1) is 79.2 Å². The predicted molar refractivity (Wildman–Crippen MR) is 410 cm³/mol. The van der Waals surface area contributed by atoms with Crippen molar-refractivity contribution in [3.8, 4) is 80.2 Å². The van der Waals surface area contributed by atoms with E-state index in [2.05, 4.69) is 316 Å². The zero-order chi connectivity index (χ0) is 66.4. The topological polar surface area (TPSA) is 111 Å². The maximum absolute atomic E-state index is 11.1. The Labute approximate surface area is 584 Å². The fraction of sp³-hybridized carbons (Fsp3) is 0. The van der Waals surface area contributed by atoms with Crippen LogP contribution in [0.3, 0.4) is 0 Å². The molecule has 8 nitrogen and oxygen atoms in total. The average molecular weight is 1310 g/mol. The third-order valence-electron chi connectivity index (χ3n) is 20.7. The summed E-state index contributed by atoms with van der Waals surface area (Å²) < 4.78 is 4.93. The normalized spacial score (nSPS) is 13.2. The molecule has 12 heteroatoms. The smallest absolute Gasteiger partial charge is 0.332 e. The number of aromatic nitrogens is 2. The number of rotatable bonds is 7. The Morgan fingerprint density at radius 3 is 1.21 bits per heavy atom. The van der Waals surface area contributed by atoms with Crippen molar-refractivity contribution in [3.63, 3.8) is 0 Å². The van der Waals surface area contributed by atoms with Gasteiger partial charge in [-0.15, -0.1) is 0 Å². The highest BCUT2D eigenvalue weighted by Crippen LogP contribution is 2.67. The summed E-state index contributed by atoms with van der Waals surface area (Å²) in [6.45, 7) is -0.887. The highest BCUT2D eigenvalue weighted by molar-refractivity contribution is 8.17. The third-order valence-corrected chi connectivity index (χ3v) is 24.2. The molecule has 0 saturated heterocycles. The number of nitrogens with zero attached hydrogens (tertiary/aromatic N) is 8. The zero-order valence-corrected chi connectivity index (χ0v) is 55.1. The lowest BCUT2D eigenvalue weighted by Gasteiger charge is -2.46. The molecule has 20 rings (SSSR count). The Balaban J connectivity index is 0.907. The second kappa shape index (κ2) is 22.3. The highest BCUT2D eigenvalue weighted by atomic mass is 32.2. The van der Waals surface area contributed by atoms with Crippen molar-refractivity contribution >= 4 is 125 Å². The fourth-order valence-corrected chi connectivity index (χ4v) is 20.7. The van der Waals surface area contributed by atoms with E-state index in [1.54, 1.807) is 12.1 Å². The number of hydrogen-bond acceptors (Lipinski definition) is 7. The van der Waals surface area contributed by atoms with E-state index < -0.39 is 17.7 Å². The van der Waals surface area contributed by atoms with Gasteiger partial charge in [-0.25, -0.2) is 0 Å². The van der Waals surface area contributed by atoms with Gasteiger partial charge in [-0.2, -0.15) is 31.9 Å². The summed E-state index contributed by atoms with van der Waals surface area (Å²) in [7, 11) is -1.49. The summed E-state index contributed by atoms with van der Waals surface area (Å²) in [6, 6.07) is 117. The van der Waals surface area contributed by atoms with Crippen LogP contribution >= 0.6 is 22.7 Å². The van der Waals surface area contributed by atoms with Crippen molar-refractivity contribution in [2.45, 2.75) is 24.5 Å². The van der Waals surface area contributed by atoms with E-state index >= 15 is 0 Å². The van der Waals surface area contributed by atoms with Crippen molar-refractivity contribution in [1.29, 1.82) is 21.0 Å². The number of hydrogen-bond donors (Lipinski definition) is 1. The summed E-state index contributed by atoms with van der Waals surface area (Å²) in [5.74, 6) is 0. The van der Waals surface area contributed by atoms with Gasteiger partial charge in [-0.1, -0.05) is 224 Å². The molecule has 100 heavy (non-hydrogen) atoms. The maximum atomic E-state index is 11.1. The lowest BCUT2D eigenvalue weighted by Crippen LogP contribution is -2.59. The van der Waals surface area contributed by atoms with Crippen LogP contribution in [0.15, 0.2) is 322 Å². The van der Waals surface area contributed by atoms with Crippen LogP contribution in [-0.4, -0.2) is 22.8 Å². The van der Waals surface area contributed by atoms with Crippen molar-refractivity contribution in [1.82, 2.24) is 9.13 Å². The molecule has 0 radical (unpaired) electrons. The molecule has 460 valence electrons. The lowest BCUT2D eigenvalue weighted by molar-refractivity contribution is 1.16. The van der Waals surface area contributed by atoms with Gasteiger partial charge in [0.2, 0.25) is 0 Å². The first-order chi connectivity index (χ1) is 49.5. The van der Waals surface area contributed by atoms with Crippen molar-refractivity contribution in [2.75, 3.05) is 9.62 Å². The van der Waals surface area contributed by atoms with Crippen LogP contribution in [0, 0.1) is 45.3 Å². The number of benzene rings is 14. The Bertz CT molecular complexity index is 6200. The van der Waals surface area contributed by atoms with Crippen LogP contribution in [0.25, 0.3) is 99.5 Å². The second-order valence-electron chi connectivity index (χ2n) is 25.9. The highest BCUT2D eigenvalue weighted by Gasteiger charge is 2.47. The van der Waals surface area contributed by atoms with Crippen LogP contribution in [0.1, 0.15) is 22.3 Å². The Morgan fingerprint density at radius 1 is 0.310 bits per heavy atom. The maximum Gasteiger partial charge on any atom is 0.332 e. The van der Waals surface area contributed by atoms with Crippen LogP contribution in [0.2, 0.25) is 0 Å². The summed E-state index contributed by atoms with van der Waals surface area (Å²) in [5.41, 5.74) is 24.9. The van der Waals surface area contributed by atoms with Crippen molar-refractivity contribution < 1.29 is 0 Å². The first-order valence-electron chi connectivity index (χ1n) is 33.4.